The molecule has 0 aliphatic rings. The van der Waals surface area contributed by atoms with Gasteiger partial charge in [-0.2, -0.15) is 0 Å². The molecule has 2 atom stereocenters. The van der Waals surface area contributed by atoms with Crippen LogP contribution in [0, 0.1) is 5.41 Å². The molecule has 0 saturated carbocycles. The quantitative estimate of drug-likeness (QED) is 0.126. The Labute approximate surface area is 174 Å². The van der Waals surface area contributed by atoms with Gasteiger partial charge < -0.3 is 37.6 Å². The Kier molecular flexibility index (Phi) is 9.06. The summed E-state index contributed by atoms with van der Waals surface area (Å²) < 4.78 is 0. The highest BCUT2D eigenvalue weighted by molar-refractivity contribution is 5.93. The molecule has 2 amide bonds. The van der Waals surface area contributed by atoms with Crippen LogP contribution in [0.15, 0.2) is 24.3 Å². The first-order valence-electron chi connectivity index (χ1n) is 9.39. The lowest BCUT2D eigenvalue weighted by molar-refractivity contribution is -0.142. The fourth-order valence-corrected chi connectivity index (χ4v) is 2.48. The smallest absolute Gasteiger partial charge is 0.326 e. The average molecular weight is 422 g/mol. The number of aromatic hydroxyl groups is 1. The normalized spacial score (nSPS) is 13.0. The molecule has 0 radical (unpaired) electrons. The van der Waals surface area contributed by atoms with Gasteiger partial charge in [-0.3, -0.25) is 15.0 Å². The molecule has 30 heavy (non-hydrogen) atoms. The summed E-state index contributed by atoms with van der Waals surface area (Å²) in [4.78, 5) is 36.6. The number of amides is 2. The van der Waals surface area contributed by atoms with Crippen molar-refractivity contribution < 1.29 is 24.6 Å². The van der Waals surface area contributed by atoms with Crippen LogP contribution >= 0.6 is 0 Å². The molecular weight excluding hydrogens is 392 g/mol. The highest BCUT2D eigenvalue weighted by Gasteiger charge is 2.30. The third-order valence-electron chi connectivity index (χ3n) is 4.18. The van der Waals surface area contributed by atoms with E-state index < -0.39 is 35.4 Å². The van der Waals surface area contributed by atoms with Crippen molar-refractivity contribution in [1.82, 2.24) is 16.0 Å². The Balaban J connectivity index is 2.86. The van der Waals surface area contributed by atoms with Crippen LogP contribution in [-0.4, -0.2) is 58.1 Å². The summed E-state index contributed by atoms with van der Waals surface area (Å²) in [7, 11) is 0. The first-order chi connectivity index (χ1) is 13.9. The molecule has 0 unspecified atom stereocenters. The van der Waals surface area contributed by atoms with Crippen molar-refractivity contribution >= 4 is 23.7 Å². The first-order valence-corrected chi connectivity index (χ1v) is 9.39. The van der Waals surface area contributed by atoms with Gasteiger partial charge in [-0.05, 0) is 44.4 Å². The van der Waals surface area contributed by atoms with Gasteiger partial charge in [-0.1, -0.05) is 12.1 Å². The van der Waals surface area contributed by atoms with Gasteiger partial charge in [-0.25, -0.2) is 4.79 Å². The summed E-state index contributed by atoms with van der Waals surface area (Å²) in [6.07, 6.45) is 0.564. The Hall–Kier alpha value is -3.34. The molecular formula is C19H30N6O5. The minimum Gasteiger partial charge on any atom is -0.508 e. The van der Waals surface area contributed by atoms with Crippen LogP contribution in [0.4, 0.5) is 0 Å². The number of hydrogen-bond acceptors (Lipinski definition) is 6. The zero-order valence-electron chi connectivity index (χ0n) is 17.1. The van der Waals surface area contributed by atoms with E-state index in [-0.39, 0.29) is 24.6 Å². The molecule has 166 valence electrons. The van der Waals surface area contributed by atoms with E-state index in [1.54, 1.807) is 12.1 Å². The van der Waals surface area contributed by atoms with Gasteiger partial charge in [-0.15, -0.1) is 0 Å². The van der Waals surface area contributed by atoms with E-state index in [4.69, 9.17) is 16.9 Å². The number of carbonyl (C=O) groups excluding carboxylic acids is 2. The number of aliphatic carboxylic acids is 1. The van der Waals surface area contributed by atoms with E-state index in [1.807, 2.05) is 0 Å². The van der Waals surface area contributed by atoms with Crippen LogP contribution in [0.1, 0.15) is 32.3 Å². The number of carboxylic acids is 1. The molecule has 0 heterocycles. The summed E-state index contributed by atoms with van der Waals surface area (Å²) in [5.74, 6) is -2.64. The molecule has 0 aromatic heterocycles. The predicted octanol–water partition coefficient (Wildman–Crippen LogP) is -1.01. The molecule has 0 aliphatic carbocycles. The van der Waals surface area contributed by atoms with Gasteiger partial charge in [0.15, 0.2) is 5.96 Å². The average Bonchev–Trinajstić information content (AvgIpc) is 2.63. The number of benzene rings is 1. The number of phenols is 1. The highest BCUT2D eigenvalue weighted by Crippen LogP contribution is 2.12. The van der Waals surface area contributed by atoms with E-state index in [0.29, 0.717) is 18.5 Å². The second kappa shape index (κ2) is 11.0. The number of guanidine groups is 1. The number of nitrogens with one attached hydrogen (secondary N) is 4. The molecule has 11 nitrogen and oxygen atoms in total. The van der Waals surface area contributed by atoms with Gasteiger partial charge in [0, 0.05) is 13.0 Å². The molecule has 0 spiro atoms. The van der Waals surface area contributed by atoms with Gasteiger partial charge in [0.25, 0.3) is 0 Å². The van der Waals surface area contributed by atoms with Crippen LogP contribution in [0.5, 0.6) is 5.75 Å². The number of carbonyl (C=O) groups is 3. The molecule has 0 bridgehead atoms. The van der Waals surface area contributed by atoms with Crippen molar-refractivity contribution in [3.8, 4) is 5.75 Å². The SMILES string of the molecule is CC(C)(N)C(=O)N[C@@H](CCCNC(=N)N)C(=O)N[C@H](Cc1ccc(O)cc1)C(=O)O. The lowest BCUT2D eigenvalue weighted by atomic mass is 10.0. The maximum absolute atomic E-state index is 12.7. The van der Waals surface area contributed by atoms with Crippen LogP contribution in [-0.2, 0) is 20.8 Å². The van der Waals surface area contributed by atoms with E-state index in [0.717, 1.165) is 0 Å². The number of nitrogens with two attached hydrogens (primary N) is 2. The van der Waals surface area contributed by atoms with Gasteiger partial charge in [0.2, 0.25) is 11.8 Å². The van der Waals surface area contributed by atoms with Gasteiger partial charge in [0.1, 0.15) is 17.8 Å². The molecule has 0 fully saturated rings. The lowest BCUT2D eigenvalue weighted by Gasteiger charge is -2.25. The highest BCUT2D eigenvalue weighted by atomic mass is 16.4. The number of hydrogen-bond donors (Lipinski definition) is 8. The molecule has 0 aliphatic heterocycles. The van der Waals surface area contributed by atoms with Crippen molar-refractivity contribution in [3.05, 3.63) is 29.8 Å². The van der Waals surface area contributed by atoms with E-state index in [1.165, 1.54) is 26.0 Å². The van der Waals surface area contributed by atoms with Crippen LogP contribution in [0.3, 0.4) is 0 Å². The lowest BCUT2D eigenvalue weighted by Crippen LogP contribution is -2.57. The topological polar surface area (TPSA) is 204 Å². The number of rotatable bonds is 11. The minimum absolute atomic E-state index is 0.00368. The maximum Gasteiger partial charge on any atom is 0.326 e. The predicted molar refractivity (Wildman–Crippen MR) is 111 cm³/mol. The fourth-order valence-electron chi connectivity index (χ4n) is 2.48. The number of carboxylic acid groups (broad SMARTS) is 1. The Morgan fingerprint density at radius 1 is 1.13 bits per heavy atom. The monoisotopic (exact) mass is 422 g/mol. The maximum atomic E-state index is 12.7. The third-order valence-corrected chi connectivity index (χ3v) is 4.18. The first kappa shape index (κ1) is 24.7. The van der Waals surface area contributed by atoms with Crippen molar-refractivity contribution in [3.63, 3.8) is 0 Å². The van der Waals surface area contributed by atoms with Crippen molar-refractivity contribution in [2.75, 3.05) is 6.54 Å². The molecule has 0 saturated heterocycles. The Bertz CT molecular complexity index is 760. The molecule has 1 rings (SSSR count). The van der Waals surface area contributed by atoms with Gasteiger partial charge >= 0.3 is 5.97 Å². The molecule has 10 N–H and O–H groups in total. The van der Waals surface area contributed by atoms with Crippen molar-refractivity contribution in [2.24, 2.45) is 11.5 Å². The second-order valence-electron chi connectivity index (χ2n) is 7.50. The number of phenolic OH excluding ortho intramolecular Hbond substituents is 1. The Morgan fingerprint density at radius 3 is 2.23 bits per heavy atom. The molecule has 1 aromatic carbocycles. The Morgan fingerprint density at radius 2 is 1.73 bits per heavy atom. The van der Waals surface area contributed by atoms with Crippen molar-refractivity contribution in [2.45, 2.75) is 50.7 Å². The molecule has 1 aromatic rings. The minimum atomic E-state index is -1.24. The van der Waals surface area contributed by atoms with E-state index >= 15 is 0 Å². The standard InChI is InChI=1S/C19H30N6O5/c1-19(2,22)17(30)25-13(4-3-9-23-18(20)21)15(27)24-14(16(28)29)10-11-5-7-12(26)8-6-11/h5-8,13-14,26H,3-4,9-10,22H2,1-2H3,(H,24,27)(H,25,30)(H,28,29)(H4,20,21,23)/t13-,14+/m0/s1. The summed E-state index contributed by atoms with van der Waals surface area (Å²) in [5.41, 5.74) is 10.4. The fraction of sp³-hybridized carbons (Fsp3) is 0.474. The second-order valence-corrected chi connectivity index (χ2v) is 7.50. The summed E-state index contributed by atoms with van der Waals surface area (Å²) in [5, 5.41) is 33.6. The van der Waals surface area contributed by atoms with Crippen LogP contribution in [0.2, 0.25) is 0 Å². The zero-order valence-corrected chi connectivity index (χ0v) is 17.1. The third kappa shape index (κ3) is 8.78. The van der Waals surface area contributed by atoms with Gasteiger partial charge in [0.05, 0.1) is 5.54 Å². The summed E-state index contributed by atoms with van der Waals surface area (Å²) >= 11 is 0. The zero-order chi connectivity index (χ0) is 22.9. The molecule has 11 heteroatoms. The van der Waals surface area contributed by atoms with Crippen molar-refractivity contribution in [1.29, 1.82) is 5.41 Å². The summed E-state index contributed by atoms with van der Waals surface area (Å²) in [6, 6.07) is 3.70. The summed E-state index contributed by atoms with van der Waals surface area (Å²) in [6.45, 7) is 3.27. The van der Waals surface area contributed by atoms with E-state index in [2.05, 4.69) is 16.0 Å². The van der Waals surface area contributed by atoms with E-state index in [9.17, 15) is 24.6 Å². The largest absolute Gasteiger partial charge is 0.508 e. The van der Waals surface area contributed by atoms with Crippen LogP contribution < -0.4 is 27.4 Å². The van der Waals surface area contributed by atoms with Crippen LogP contribution in [0.25, 0.3) is 0 Å².